The molecule has 1 heterocycles. The first-order chi connectivity index (χ1) is 19.9. The van der Waals surface area contributed by atoms with Crippen LogP contribution in [0.25, 0.3) is 11.1 Å². The minimum atomic E-state index is -4.60. The van der Waals surface area contributed by atoms with E-state index in [0.717, 1.165) is 45.1 Å². The number of carbonyl (C=O) groups excluding carboxylic acids is 1. The molecule has 42 heavy (non-hydrogen) atoms. The van der Waals surface area contributed by atoms with E-state index in [2.05, 4.69) is 10.8 Å². The molecule has 0 bridgehead atoms. The maximum Gasteiger partial charge on any atom is 0.416 e. The molecule has 1 aromatic heterocycles. The highest BCUT2D eigenvalue weighted by atomic mass is 32.2. The van der Waals surface area contributed by atoms with Gasteiger partial charge in [0.1, 0.15) is 4.21 Å². The SMILES string of the molecule is O=C(O)C(=O)N(Cc1cccc(C(F)(F)F)c1)Cc1ccc(S(=O)(=O)NCCCc2cccc(-c3ccccc3)c2)s1. The molecule has 220 valence electrons. The lowest BCUT2D eigenvalue weighted by atomic mass is 10.0. The second-order valence-electron chi connectivity index (χ2n) is 9.45. The number of thiophene rings is 1. The largest absolute Gasteiger partial charge is 0.474 e. The molecule has 1 amide bonds. The predicted molar refractivity (Wildman–Crippen MR) is 153 cm³/mol. The van der Waals surface area contributed by atoms with Crippen molar-refractivity contribution in [2.75, 3.05) is 6.54 Å². The first-order valence-electron chi connectivity index (χ1n) is 12.8. The fraction of sp³-hybridized carbons (Fsp3) is 0.200. The summed E-state index contributed by atoms with van der Waals surface area (Å²) in [4.78, 5) is 24.9. The Morgan fingerprint density at radius 1 is 0.833 bits per heavy atom. The van der Waals surface area contributed by atoms with Crippen molar-refractivity contribution in [3.63, 3.8) is 0 Å². The van der Waals surface area contributed by atoms with Gasteiger partial charge in [-0.05, 0) is 59.4 Å². The number of aryl methyl sites for hydroxylation is 1. The molecule has 0 aliphatic heterocycles. The summed E-state index contributed by atoms with van der Waals surface area (Å²) in [5.74, 6) is -3.10. The molecule has 0 saturated heterocycles. The summed E-state index contributed by atoms with van der Waals surface area (Å²) < 4.78 is 67.6. The maximum atomic E-state index is 13.1. The van der Waals surface area contributed by atoms with Crippen LogP contribution in [-0.4, -0.2) is 36.8 Å². The molecule has 0 atom stereocenters. The van der Waals surface area contributed by atoms with E-state index < -0.39 is 40.2 Å². The Labute approximate surface area is 245 Å². The van der Waals surface area contributed by atoms with E-state index in [9.17, 15) is 36.3 Å². The quantitative estimate of drug-likeness (QED) is 0.160. The Hall–Kier alpha value is -4.00. The van der Waals surface area contributed by atoms with Gasteiger partial charge < -0.3 is 10.0 Å². The fourth-order valence-corrected chi connectivity index (χ4v) is 6.77. The lowest BCUT2D eigenvalue weighted by Gasteiger charge is -2.20. The van der Waals surface area contributed by atoms with E-state index in [-0.39, 0.29) is 22.9 Å². The highest BCUT2D eigenvalue weighted by Gasteiger charge is 2.31. The predicted octanol–water partition coefficient (Wildman–Crippen LogP) is 5.96. The van der Waals surface area contributed by atoms with Gasteiger partial charge in [0.25, 0.3) is 0 Å². The van der Waals surface area contributed by atoms with Gasteiger partial charge in [0.2, 0.25) is 10.0 Å². The van der Waals surface area contributed by atoms with Crippen molar-refractivity contribution in [2.45, 2.75) is 36.3 Å². The second kappa shape index (κ2) is 13.3. The van der Waals surface area contributed by atoms with Gasteiger partial charge in [0, 0.05) is 18.0 Å². The number of nitrogens with one attached hydrogen (secondary N) is 1. The van der Waals surface area contributed by atoms with Crippen LogP contribution in [-0.2, 0) is 45.3 Å². The lowest BCUT2D eigenvalue weighted by molar-refractivity contribution is -0.156. The third-order valence-electron chi connectivity index (χ3n) is 6.31. The minimum Gasteiger partial charge on any atom is -0.474 e. The number of rotatable bonds is 11. The van der Waals surface area contributed by atoms with Crippen LogP contribution in [0.4, 0.5) is 13.2 Å². The van der Waals surface area contributed by atoms with Crippen LogP contribution in [0.5, 0.6) is 0 Å². The smallest absolute Gasteiger partial charge is 0.416 e. The topological polar surface area (TPSA) is 104 Å². The highest BCUT2D eigenvalue weighted by molar-refractivity contribution is 7.91. The van der Waals surface area contributed by atoms with Crippen LogP contribution >= 0.6 is 11.3 Å². The van der Waals surface area contributed by atoms with Gasteiger partial charge in [-0.3, -0.25) is 4.79 Å². The summed E-state index contributed by atoms with van der Waals surface area (Å²) in [7, 11) is -3.87. The third kappa shape index (κ3) is 8.28. The summed E-state index contributed by atoms with van der Waals surface area (Å²) in [5.41, 5.74) is 2.38. The first kappa shape index (κ1) is 30.9. The van der Waals surface area contributed by atoms with E-state index >= 15 is 0 Å². The molecule has 3 aromatic carbocycles. The van der Waals surface area contributed by atoms with E-state index in [0.29, 0.717) is 17.7 Å². The summed E-state index contributed by atoms with van der Waals surface area (Å²) in [5, 5.41) is 9.23. The number of hydrogen-bond acceptors (Lipinski definition) is 5. The Kier molecular flexibility index (Phi) is 9.81. The third-order valence-corrected chi connectivity index (χ3v) is 9.34. The fourth-order valence-electron chi connectivity index (χ4n) is 4.28. The van der Waals surface area contributed by atoms with Gasteiger partial charge in [0.05, 0.1) is 12.1 Å². The summed E-state index contributed by atoms with van der Waals surface area (Å²) in [6.07, 6.45) is -3.40. The molecular weight excluding hydrogens is 589 g/mol. The number of benzene rings is 3. The van der Waals surface area contributed by atoms with Gasteiger partial charge in [0.15, 0.2) is 0 Å². The minimum absolute atomic E-state index is 0.0228. The number of carboxylic acid groups (broad SMARTS) is 1. The molecular formula is C30H27F3N2O5S2. The normalized spacial score (nSPS) is 11.8. The molecule has 0 unspecified atom stereocenters. The van der Waals surface area contributed by atoms with Crippen LogP contribution in [0.2, 0.25) is 0 Å². The van der Waals surface area contributed by atoms with Crippen LogP contribution < -0.4 is 4.72 Å². The van der Waals surface area contributed by atoms with E-state index in [1.54, 1.807) is 0 Å². The number of carboxylic acids is 1. The summed E-state index contributed by atoms with van der Waals surface area (Å²) in [6.45, 7) is -0.512. The lowest BCUT2D eigenvalue weighted by Crippen LogP contribution is -2.35. The average molecular weight is 617 g/mol. The maximum absolute atomic E-state index is 13.1. The van der Waals surface area contributed by atoms with Crippen LogP contribution in [0.15, 0.2) is 95.2 Å². The molecule has 0 aliphatic carbocycles. The number of aliphatic carboxylic acids is 1. The van der Waals surface area contributed by atoms with Crippen LogP contribution in [0.1, 0.15) is 28.0 Å². The average Bonchev–Trinajstić information content (AvgIpc) is 3.45. The number of alkyl halides is 3. The van der Waals surface area contributed by atoms with Crippen LogP contribution in [0.3, 0.4) is 0 Å². The van der Waals surface area contributed by atoms with Crippen molar-refractivity contribution in [2.24, 2.45) is 0 Å². The number of nitrogens with zero attached hydrogens (tertiary/aromatic N) is 1. The molecule has 0 spiro atoms. The number of sulfonamides is 1. The van der Waals surface area contributed by atoms with Gasteiger partial charge in [-0.15, -0.1) is 11.3 Å². The molecule has 0 radical (unpaired) electrons. The van der Waals surface area contributed by atoms with Gasteiger partial charge in [-0.1, -0.05) is 66.7 Å². The molecule has 0 aliphatic rings. The van der Waals surface area contributed by atoms with Crippen molar-refractivity contribution in [1.29, 1.82) is 0 Å². The summed E-state index contributed by atoms with van der Waals surface area (Å²) >= 11 is 0.852. The molecule has 7 nitrogen and oxygen atoms in total. The molecule has 0 saturated carbocycles. The van der Waals surface area contributed by atoms with Crippen LogP contribution in [0, 0.1) is 0 Å². The molecule has 2 N–H and O–H groups in total. The Morgan fingerprint density at radius 3 is 2.24 bits per heavy atom. The molecule has 0 fully saturated rings. The number of amides is 1. The van der Waals surface area contributed by atoms with E-state index in [1.165, 1.54) is 24.3 Å². The first-order valence-corrected chi connectivity index (χ1v) is 15.1. The Bertz CT molecular complexity index is 1650. The number of halogens is 3. The zero-order chi connectivity index (χ0) is 30.3. The van der Waals surface area contributed by atoms with Crippen molar-refractivity contribution in [3.05, 3.63) is 113 Å². The molecule has 4 aromatic rings. The van der Waals surface area contributed by atoms with Gasteiger partial charge >= 0.3 is 18.1 Å². The van der Waals surface area contributed by atoms with E-state index in [4.69, 9.17) is 0 Å². The monoisotopic (exact) mass is 616 g/mol. The standard InChI is InChI=1S/C30H27F3N2O5S2/c31-30(32,33)25-13-5-8-22(18-25)19-35(28(36)29(37)38)20-26-14-15-27(41-26)42(39,40)34-16-6-9-21-7-4-12-24(17-21)23-10-2-1-3-11-23/h1-5,7-8,10-15,17-18,34H,6,9,16,19-20H2,(H,37,38). The van der Waals surface area contributed by atoms with Gasteiger partial charge in [-0.2, -0.15) is 13.2 Å². The summed E-state index contributed by atoms with van der Waals surface area (Å²) in [6, 6.07) is 25.0. The highest BCUT2D eigenvalue weighted by Crippen LogP contribution is 2.30. The molecule has 12 heteroatoms. The van der Waals surface area contributed by atoms with Crippen molar-refractivity contribution >= 4 is 33.2 Å². The molecule has 4 rings (SSSR count). The van der Waals surface area contributed by atoms with Crippen molar-refractivity contribution in [3.8, 4) is 11.1 Å². The zero-order valence-electron chi connectivity index (χ0n) is 22.2. The Morgan fingerprint density at radius 2 is 1.52 bits per heavy atom. The Balaban J connectivity index is 1.37. The number of carbonyl (C=O) groups is 2. The van der Waals surface area contributed by atoms with Gasteiger partial charge in [-0.25, -0.2) is 17.9 Å². The number of hydrogen-bond donors (Lipinski definition) is 2. The van der Waals surface area contributed by atoms with Crippen molar-refractivity contribution < 1.29 is 36.3 Å². The van der Waals surface area contributed by atoms with Crippen molar-refractivity contribution in [1.82, 2.24) is 9.62 Å². The zero-order valence-corrected chi connectivity index (χ0v) is 23.8. The van der Waals surface area contributed by atoms with E-state index in [1.807, 2.05) is 48.5 Å². The second-order valence-corrected chi connectivity index (χ2v) is 12.6.